The number of rotatable bonds is 5. The summed E-state index contributed by atoms with van der Waals surface area (Å²) in [5.41, 5.74) is 0.972. The Bertz CT molecular complexity index is 580. The van der Waals surface area contributed by atoms with Gasteiger partial charge in [0.2, 0.25) is 0 Å². The monoisotopic (exact) mass is 312 g/mol. The molecule has 6 heteroatoms. The van der Waals surface area contributed by atoms with Crippen molar-refractivity contribution in [2.75, 3.05) is 7.05 Å². The van der Waals surface area contributed by atoms with Crippen LogP contribution < -0.4 is 5.32 Å². The zero-order valence-electron chi connectivity index (χ0n) is 11.8. The maximum absolute atomic E-state index is 6.27. The first kappa shape index (κ1) is 15.3. The summed E-state index contributed by atoms with van der Waals surface area (Å²) < 4.78 is 1.92. The maximum atomic E-state index is 6.27. The molecule has 0 radical (unpaired) electrons. The minimum Gasteiger partial charge on any atom is -0.313 e. The van der Waals surface area contributed by atoms with Crippen LogP contribution in [0.2, 0.25) is 10.0 Å². The molecule has 4 nitrogen and oxygen atoms in total. The molecule has 20 heavy (non-hydrogen) atoms. The van der Waals surface area contributed by atoms with Crippen molar-refractivity contribution in [3.63, 3.8) is 0 Å². The molecule has 0 saturated carbocycles. The molecule has 0 spiro atoms. The summed E-state index contributed by atoms with van der Waals surface area (Å²) in [6.07, 6.45) is 2.29. The third kappa shape index (κ3) is 3.32. The highest BCUT2D eigenvalue weighted by Crippen LogP contribution is 2.28. The van der Waals surface area contributed by atoms with Gasteiger partial charge in [0, 0.05) is 28.5 Å². The summed E-state index contributed by atoms with van der Waals surface area (Å²) in [4.78, 5) is 4.34. The topological polar surface area (TPSA) is 42.7 Å². The molecule has 0 fully saturated rings. The van der Waals surface area contributed by atoms with Crippen LogP contribution in [0.1, 0.15) is 37.3 Å². The lowest BCUT2D eigenvalue weighted by molar-refractivity contribution is 0.478. The Hall–Kier alpha value is -1.10. The van der Waals surface area contributed by atoms with E-state index >= 15 is 0 Å². The van der Waals surface area contributed by atoms with E-state index in [2.05, 4.69) is 29.2 Å². The van der Waals surface area contributed by atoms with E-state index in [0.717, 1.165) is 11.4 Å². The van der Waals surface area contributed by atoms with Gasteiger partial charge < -0.3 is 5.32 Å². The predicted octanol–water partition coefficient (Wildman–Crippen LogP) is 3.67. The second kappa shape index (κ2) is 6.57. The summed E-state index contributed by atoms with van der Waals surface area (Å²) in [7, 11) is 1.90. The second-order valence-electron chi connectivity index (χ2n) is 4.93. The molecule has 0 amide bonds. The zero-order valence-corrected chi connectivity index (χ0v) is 13.3. The third-order valence-corrected chi connectivity index (χ3v) is 3.78. The summed E-state index contributed by atoms with van der Waals surface area (Å²) in [5, 5.41) is 8.90. The Labute approximate surface area is 129 Å². The van der Waals surface area contributed by atoms with Crippen molar-refractivity contribution in [1.29, 1.82) is 0 Å². The van der Waals surface area contributed by atoms with Crippen LogP contribution in [0.5, 0.6) is 0 Å². The van der Waals surface area contributed by atoms with Gasteiger partial charge in [-0.2, -0.15) is 5.10 Å². The fraction of sp³-hybridized carbons (Fsp3) is 0.429. The standard InChI is InChI=1S/C14H18Cl2N4/c1-9(2)20-14(18-8-19-20)7-13(17-3)11-6-10(15)4-5-12(11)16/h4-6,8-9,13,17H,7H2,1-3H3. The van der Waals surface area contributed by atoms with E-state index < -0.39 is 0 Å². The normalized spacial score (nSPS) is 12.9. The van der Waals surface area contributed by atoms with E-state index in [1.165, 1.54) is 0 Å². The molecule has 0 saturated heterocycles. The number of aromatic nitrogens is 3. The van der Waals surface area contributed by atoms with Gasteiger partial charge in [0.25, 0.3) is 0 Å². The van der Waals surface area contributed by atoms with Crippen LogP contribution in [0.15, 0.2) is 24.5 Å². The Morgan fingerprint density at radius 1 is 1.30 bits per heavy atom. The molecule has 1 unspecified atom stereocenters. The molecule has 0 aliphatic carbocycles. The highest BCUT2D eigenvalue weighted by molar-refractivity contribution is 6.33. The Morgan fingerprint density at radius 2 is 2.05 bits per heavy atom. The first-order valence-electron chi connectivity index (χ1n) is 6.53. The molecule has 108 valence electrons. The molecule has 0 bridgehead atoms. The van der Waals surface area contributed by atoms with Gasteiger partial charge in [-0.05, 0) is 44.7 Å². The highest BCUT2D eigenvalue weighted by Gasteiger charge is 2.18. The molecule has 1 aromatic heterocycles. The lowest BCUT2D eigenvalue weighted by Gasteiger charge is -2.19. The van der Waals surface area contributed by atoms with Crippen LogP contribution >= 0.6 is 23.2 Å². The van der Waals surface area contributed by atoms with Crippen molar-refractivity contribution in [2.45, 2.75) is 32.4 Å². The zero-order chi connectivity index (χ0) is 14.7. The lowest BCUT2D eigenvalue weighted by atomic mass is 10.0. The van der Waals surface area contributed by atoms with Crippen molar-refractivity contribution >= 4 is 23.2 Å². The number of halogens is 2. The molecule has 1 atom stereocenters. The van der Waals surface area contributed by atoms with Crippen molar-refractivity contribution < 1.29 is 0 Å². The van der Waals surface area contributed by atoms with Crippen LogP contribution in [-0.4, -0.2) is 21.8 Å². The maximum Gasteiger partial charge on any atom is 0.138 e. The van der Waals surface area contributed by atoms with Crippen LogP contribution in [0, 0.1) is 0 Å². The third-order valence-electron chi connectivity index (χ3n) is 3.21. The average molecular weight is 313 g/mol. The molecule has 2 rings (SSSR count). The van der Waals surface area contributed by atoms with E-state index in [-0.39, 0.29) is 12.1 Å². The number of likely N-dealkylation sites (N-methyl/N-ethyl adjacent to an activating group) is 1. The number of hydrogen-bond acceptors (Lipinski definition) is 3. The van der Waals surface area contributed by atoms with Gasteiger partial charge in [-0.3, -0.25) is 0 Å². The van der Waals surface area contributed by atoms with Crippen LogP contribution in [0.4, 0.5) is 0 Å². The van der Waals surface area contributed by atoms with E-state index in [1.807, 2.05) is 23.9 Å². The fourth-order valence-corrected chi connectivity index (χ4v) is 2.61. The van der Waals surface area contributed by atoms with Crippen LogP contribution in [0.25, 0.3) is 0 Å². The minimum atomic E-state index is 0.0444. The fourth-order valence-electron chi connectivity index (χ4n) is 2.18. The van der Waals surface area contributed by atoms with Crippen LogP contribution in [0.3, 0.4) is 0 Å². The van der Waals surface area contributed by atoms with Crippen molar-refractivity contribution in [3.05, 3.63) is 46.0 Å². The quantitative estimate of drug-likeness (QED) is 0.916. The van der Waals surface area contributed by atoms with Gasteiger partial charge in [0.15, 0.2) is 0 Å². The highest BCUT2D eigenvalue weighted by atomic mass is 35.5. The van der Waals surface area contributed by atoms with Gasteiger partial charge in [0.1, 0.15) is 12.2 Å². The minimum absolute atomic E-state index is 0.0444. The molecule has 2 aromatic rings. The first-order chi connectivity index (χ1) is 9.52. The predicted molar refractivity (Wildman–Crippen MR) is 82.4 cm³/mol. The van der Waals surface area contributed by atoms with E-state index in [9.17, 15) is 0 Å². The second-order valence-corrected chi connectivity index (χ2v) is 5.77. The molecule has 0 aliphatic heterocycles. The van der Waals surface area contributed by atoms with Gasteiger partial charge >= 0.3 is 0 Å². The van der Waals surface area contributed by atoms with Gasteiger partial charge in [-0.15, -0.1) is 0 Å². The molecular weight excluding hydrogens is 295 g/mol. The molecule has 1 heterocycles. The molecule has 1 aromatic carbocycles. The number of benzene rings is 1. The number of nitrogens with zero attached hydrogens (tertiary/aromatic N) is 3. The SMILES string of the molecule is CNC(Cc1ncnn1C(C)C)c1cc(Cl)ccc1Cl. The summed E-state index contributed by atoms with van der Waals surface area (Å²) in [6.45, 7) is 4.16. The molecule has 0 aliphatic rings. The average Bonchev–Trinajstić information content (AvgIpc) is 2.87. The summed E-state index contributed by atoms with van der Waals surface area (Å²) in [5.74, 6) is 0.926. The molecular formula is C14H18Cl2N4. The first-order valence-corrected chi connectivity index (χ1v) is 7.29. The van der Waals surface area contributed by atoms with Gasteiger partial charge in [-0.1, -0.05) is 23.2 Å². The van der Waals surface area contributed by atoms with Crippen molar-refractivity contribution in [3.8, 4) is 0 Å². The smallest absolute Gasteiger partial charge is 0.138 e. The van der Waals surface area contributed by atoms with E-state index in [0.29, 0.717) is 16.5 Å². The van der Waals surface area contributed by atoms with Gasteiger partial charge in [0.05, 0.1) is 0 Å². The largest absolute Gasteiger partial charge is 0.313 e. The Balaban J connectivity index is 2.29. The van der Waals surface area contributed by atoms with Crippen molar-refractivity contribution in [2.24, 2.45) is 0 Å². The lowest BCUT2D eigenvalue weighted by Crippen LogP contribution is -2.22. The summed E-state index contributed by atoms with van der Waals surface area (Å²) in [6, 6.07) is 5.82. The van der Waals surface area contributed by atoms with E-state index in [4.69, 9.17) is 23.2 Å². The Morgan fingerprint density at radius 3 is 2.70 bits per heavy atom. The Kier molecular flexibility index (Phi) is 5.02. The number of hydrogen-bond donors (Lipinski definition) is 1. The van der Waals surface area contributed by atoms with E-state index in [1.54, 1.807) is 12.4 Å². The molecule has 1 N–H and O–H groups in total. The summed E-state index contributed by atoms with van der Waals surface area (Å²) >= 11 is 12.3. The van der Waals surface area contributed by atoms with Gasteiger partial charge in [-0.25, -0.2) is 9.67 Å². The van der Waals surface area contributed by atoms with Crippen LogP contribution in [-0.2, 0) is 6.42 Å². The number of nitrogens with one attached hydrogen (secondary N) is 1. The van der Waals surface area contributed by atoms with Crippen molar-refractivity contribution in [1.82, 2.24) is 20.1 Å².